The first-order valence-electron chi connectivity index (χ1n) is 13.7. The van der Waals surface area contributed by atoms with Gasteiger partial charge in [0.25, 0.3) is 0 Å². The third kappa shape index (κ3) is 7.16. The Morgan fingerprint density at radius 1 is 1.02 bits per heavy atom. The number of carbonyl (C=O) groups excluding carboxylic acids is 1. The van der Waals surface area contributed by atoms with Crippen molar-refractivity contribution in [1.82, 2.24) is 15.3 Å². The summed E-state index contributed by atoms with van der Waals surface area (Å²) in [5, 5.41) is 12.6. The number of carbonyl (C=O) groups is 1. The molecule has 0 spiro atoms. The van der Waals surface area contributed by atoms with Gasteiger partial charge in [0, 0.05) is 37.7 Å². The van der Waals surface area contributed by atoms with Gasteiger partial charge in [0.1, 0.15) is 11.4 Å². The Balaban J connectivity index is 1.27. The van der Waals surface area contributed by atoms with Gasteiger partial charge in [0.15, 0.2) is 0 Å². The van der Waals surface area contributed by atoms with Gasteiger partial charge in [0.2, 0.25) is 12.4 Å². The molecule has 3 aromatic carbocycles. The molecule has 1 atom stereocenters. The highest BCUT2D eigenvalue weighted by Crippen LogP contribution is 2.37. The van der Waals surface area contributed by atoms with E-state index >= 15 is 0 Å². The molecule has 218 valence electrons. The average molecular weight is 576 g/mol. The third-order valence-corrected chi connectivity index (χ3v) is 7.15. The smallest absolute Gasteiger partial charge is 0.381 e. The van der Waals surface area contributed by atoms with Crippen LogP contribution in [-0.2, 0) is 17.5 Å². The van der Waals surface area contributed by atoms with Crippen LogP contribution in [0.2, 0.25) is 0 Å². The third-order valence-electron chi connectivity index (χ3n) is 7.15. The van der Waals surface area contributed by atoms with Gasteiger partial charge in [-0.1, -0.05) is 36.4 Å². The second-order valence-corrected chi connectivity index (χ2v) is 10.2. The molecule has 1 aliphatic heterocycles. The van der Waals surface area contributed by atoms with Crippen LogP contribution in [0.3, 0.4) is 0 Å². The van der Waals surface area contributed by atoms with E-state index in [1.54, 1.807) is 24.3 Å². The van der Waals surface area contributed by atoms with Crippen molar-refractivity contribution in [3.8, 4) is 0 Å². The molecule has 1 aromatic heterocycles. The van der Waals surface area contributed by atoms with E-state index in [-0.39, 0.29) is 5.95 Å². The number of hydrogen-bond donors (Lipinski definition) is 4. The molecule has 5 rings (SSSR count). The van der Waals surface area contributed by atoms with Gasteiger partial charge < -0.3 is 26.2 Å². The standard InChI is InChI=1S/C31H32F3N7O/c1-41(20-42)28-10-3-2-9-27(28)39-29-26(31(32,33)34)19-37-30(40-29)38-24-13-11-21(12-14-24)17-36-25-8-4-6-22(16-25)23-7-5-15-35-18-23/h2-4,6,8-14,16,19-20,23,35-36H,5,7,15,17-18H2,1H3,(H2,37,38,39,40). The lowest BCUT2D eigenvalue weighted by atomic mass is 9.91. The first kappa shape index (κ1) is 28.9. The summed E-state index contributed by atoms with van der Waals surface area (Å²) in [4.78, 5) is 20.6. The maximum absolute atomic E-state index is 13.8. The highest BCUT2D eigenvalue weighted by atomic mass is 19.4. The lowest BCUT2D eigenvalue weighted by Crippen LogP contribution is -2.28. The first-order chi connectivity index (χ1) is 20.3. The van der Waals surface area contributed by atoms with Crippen molar-refractivity contribution in [2.75, 3.05) is 41.0 Å². The number of para-hydroxylation sites is 2. The van der Waals surface area contributed by atoms with Crippen molar-refractivity contribution in [2.45, 2.75) is 31.5 Å². The van der Waals surface area contributed by atoms with Crippen LogP contribution in [0.15, 0.2) is 79.0 Å². The fourth-order valence-electron chi connectivity index (χ4n) is 4.89. The van der Waals surface area contributed by atoms with Gasteiger partial charge in [0.05, 0.1) is 11.4 Å². The minimum Gasteiger partial charge on any atom is -0.381 e. The largest absolute Gasteiger partial charge is 0.421 e. The number of alkyl halides is 3. The minimum atomic E-state index is -4.69. The molecule has 8 nitrogen and oxygen atoms in total. The lowest BCUT2D eigenvalue weighted by molar-refractivity contribution is -0.137. The van der Waals surface area contributed by atoms with E-state index in [1.807, 2.05) is 24.3 Å². The van der Waals surface area contributed by atoms with Gasteiger partial charge in [-0.2, -0.15) is 18.2 Å². The van der Waals surface area contributed by atoms with Crippen molar-refractivity contribution in [3.63, 3.8) is 0 Å². The maximum Gasteiger partial charge on any atom is 0.421 e. The molecule has 0 aliphatic carbocycles. The SMILES string of the molecule is CN(C=O)c1ccccc1Nc1nc(Nc2ccc(CNc3cccc(C4CCCNC4)c3)cc2)ncc1C(F)(F)F. The van der Waals surface area contributed by atoms with Crippen LogP contribution < -0.4 is 26.2 Å². The van der Waals surface area contributed by atoms with Crippen molar-refractivity contribution in [1.29, 1.82) is 0 Å². The summed E-state index contributed by atoms with van der Waals surface area (Å²) in [5.74, 6) is 0.0897. The fraction of sp³-hybridized carbons (Fsp3) is 0.258. The predicted octanol–water partition coefficient (Wildman–Crippen LogP) is 6.65. The van der Waals surface area contributed by atoms with E-state index in [0.717, 1.165) is 30.5 Å². The molecule has 4 aromatic rings. The van der Waals surface area contributed by atoms with Gasteiger partial charge in [-0.15, -0.1) is 0 Å². The number of aromatic nitrogens is 2. The zero-order chi connectivity index (χ0) is 29.5. The van der Waals surface area contributed by atoms with Gasteiger partial charge >= 0.3 is 6.18 Å². The second-order valence-electron chi connectivity index (χ2n) is 10.2. The monoisotopic (exact) mass is 575 g/mol. The molecule has 0 bridgehead atoms. The Morgan fingerprint density at radius 2 is 1.83 bits per heavy atom. The van der Waals surface area contributed by atoms with Crippen LogP contribution in [0.4, 0.5) is 47.7 Å². The molecular weight excluding hydrogens is 543 g/mol. The number of nitrogens with zero attached hydrogens (tertiary/aromatic N) is 3. The molecular formula is C31H32F3N7O. The molecule has 0 saturated carbocycles. The van der Waals surface area contributed by atoms with Crippen LogP contribution >= 0.6 is 0 Å². The fourth-order valence-corrected chi connectivity index (χ4v) is 4.89. The van der Waals surface area contributed by atoms with E-state index in [0.29, 0.717) is 35.9 Å². The summed E-state index contributed by atoms with van der Waals surface area (Å²) in [6.07, 6.45) is -1.00. The minimum absolute atomic E-state index is 0.00776. The Kier molecular flexibility index (Phi) is 8.87. The summed E-state index contributed by atoms with van der Waals surface area (Å²) in [6, 6.07) is 22.5. The maximum atomic E-state index is 13.8. The number of anilines is 6. The summed E-state index contributed by atoms with van der Waals surface area (Å²) >= 11 is 0. The molecule has 1 aliphatic rings. The summed E-state index contributed by atoms with van der Waals surface area (Å²) in [6.45, 7) is 2.70. The predicted molar refractivity (Wildman–Crippen MR) is 160 cm³/mol. The highest BCUT2D eigenvalue weighted by Gasteiger charge is 2.35. The van der Waals surface area contributed by atoms with E-state index in [9.17, 15) is 18.0 Å². The highest BCUT2D eigenvalue weighted by molar-refractivity contribution is 5.85. The topological polar surface area (TPSA) is 94.2 Å². The number of rotatable bonds is 10. The number of nitrogens with one attached hydrogen (secondary N) is 4. The first-order valence-corrected chi connectivity index (χ1v) is 13.7. The molecule has 0 radical (unpaired) electrons. The quantitative estimate of drug-likeness (QED) is 0.157. The zero-order valence-electron chi connectivity index (χ0n) is 23.1. The van der Waals surface area contributed by atoms with Gasteiger partial charge in [-0.3, -0.25) is 4.79 Å². The van der Waals surface area contributed by atoms with Crippen LogP contribution in [0.1, 0.15) is 35.4 Å². The van der Waals surface area contributed by atoms with Crippen LogP contribution in [0.5, 0.6) is 0 Å². The van der Waals surface area contributed by atoms with Crippen LogP contribution in [-0.4, -0.2) is 36.5 Å². The normalized spacial score (nSPS) is 15.1. The molecule has 11 heteroatoms. The van der Waals surface area contributed by atoms with E-state index < -0.39 is 17.6 Å². The summed E-state index contributed by atoms with van der Waals surface area (Å²) in [7, 11) is 1.51. The molecule has 4 N–H and O–H groups in total. The number of piperidine rings is 1. The second kappa shape index (κ2) is 12.9. The van der Waals surface area contributed by atoms with Crippen molar-refractivity contribution in [2.24, 2.45) is 0 Å². The Hall–Kier alpha value is -4.64. The Morgan fingerprint density at radius 3 is 2.57 bits per heavy atom. The molecule has 1 saturated heterocycles. The zero-order valence-corrected chi connectivity index (χ0v) is 23.1. The number of amides is 1. The van der Waals surface area contributed by atoms with E-state index in [2.05, 4.69) is 55.5 Å². The van der Waals surface area contributed by atoms with E-state index in [1.165, 1.54) is 30.4 Å². The molecule has 1 unspecified atom stereocenters. The van der Waals surface area contributed by atoms with Crippen LogP contribution in [0, 0.1) is 0 Å². The molecule has 2 heterocycles. The number of hydrogen-bond acceptors (Lipinski definition) is 7. The Bertz CT molecular complexity index is 1510. The van der Waals surface area contributed by atoms with Crippen molar-refractivity contribution >= 4 is 40.9 Å². The number of benzene rings is 3. The lowest BCUT2D eigenvalue weighted by Gasteiger charge is -2.23. The Labute approximate surface area is 242 Å². The summed E-state index contributed by atoms with van der Waals surface area (Å²) < 4.78 is 41.3. The van der Waals surface area contributed by atoms with Crippen molar-refractivity contribution < 1.29 is 18.0 Å². The van der Waals surface area contributed by atoms with Crippen LogP contribution in [0.25, 0.3) is 0 Å². The van der Waals surface area contributed by atoms with Gasteiger partial charge in [-0.25, -0.2) is 4.98 Å². The van der Waals surface area contributed by atoms with Gasteiger partial charge in [-0.05, 0) is 72.8 Å². The van der Waals surface area contributed by atoms with E-state index in [4.69, 9.17) is 0 Å². The molecule has 1 fully saturated rings. The van der Waals surface area contributed by atoms with Crippen molar-refractivity contribution in [3.05, 3.63) is 95.7 Å². The number of halogens is 3. The molecule has 42 heavy (non-hydrogen) atoms. The average Bonchev–Trinajstić information content (AvgIpc) is 3.01. The molecule has 1 amide bonds. The summed E-state index contributed by atoms with van der Waals surface area (Å²) in [5.41, 5.74) is 3.71.